The van der Waals surface area contributed by atoms with Crippen LogP contribution in [0.25, 0.3) is 21.8 Å². The third-order valence-corrected chi connectivity index (χ3v) is 6.17. The first-order chi connectivity index (χ1) is 16.1. The van der Waals surface area contributed by atoms with E-state index in [1.807, 2.05) is 16.7 Å². The van der Waals surface area contributed by atoms with Crippen molar-refractivity contribution in [1.29, 1.82) is 0 Å². The van der Waals surface area contributed by atoms with Crippen LogP contribution in [0.2, 0.25) is 0 Å². The summed E-state index contributed by atoms with van der Waals surface area (Å²) in [6.07, 6.45) is 3.57. The number of fused-ring (bicyclic) bond motifs is 2. The van der Waals surface area contributed by atoms with Crippen LogP contribution in [0.4, 0.5) is 10.3 Å². The average Bonchev–Trinajstić information content (AvgIpc) is 3.20. The molecular formula is C25H25FN6O. The summed E-state index contributed by atoms with van der Waals surface area (Å²) < 4.78 is 17.5. The van der Waals surface area contributed by atoms with E-state index >= 15 is 0 Å². The fourth-order valence-electron chi connectivity index (χ4n) is 4.55. The van der Waals surface area contributed by atoms with Crippen LogP contribution in [0.5, 0.6) is 0 Å². The van der Waals surface area contributed by atoms with Crippen molar-refractivity contribution in [3.63, 3.8) is 0 Å². The second kappa shape index (κ2) is 8.68. The highest BCUT2D eigenvalue weighted by molar-refractivity contribution is 5.86. The van der Waals surface area contributed by atoms with Crippen molar-refractivity contribution in [3.8, 4) is 11.8 Å². The third-order valence-electron chi connectivity index (χ3n) is 6.17. The van der Waals surface area contributed by atoms with Gasteiger partial charge in [0.2, 0.25) is 5.95 Å². The molecular weight excluding hydrogens is 419 g/mol. The Bertz CT molecular complexity index is 1460. The van der Waals surface area contributed by atoms with Gasteiger partial charge in [-0.3, -0.25) is 9.36 Å². The summed E-state index contributed by atoms with van der Waals surface area (Å²) in [5, 5.41) is 5.67. The zero-order valence-electron chi connectivity index (χ0n) is 18.5. The van der Waals surface area contributed by atoms with Crippen LogP contribution in [0, 0.1) is 17.7 Å². The minimum atomic E-state index is -0.286. The number of halogens is 1. The lowest BCUT2D eigenvalue weighted by Gasteiger charge is -2.31. The summed E-state index contributed by atoms with van der Waals surface area (Å²) in [7, 11) is 0. The molecule has 8 heteroatoms. The number of nitrogens with zero attached hydrogens (tertiary/aromatic N) is 5. The van der Waals surface area contributed by atoms with Gasteiger partial charge in [0.15, 0.2) is 0 Å². The molecule has 33 heavy (non-hydrogen) atoms. The van der Waals surface area contributed by atoms with Gasteiger partial charge in [0.1, 0.15) is 16.9 Å². The van der Waals surface area contributed by atoms with Gasteiger partial charge < -0.3 is 10.6 Å². The number of imidazole rings is 1. The van der Waals surface area contributed by atoms with E-state index in [0.29, 0.717) is 35.5 Å². The van der Waals surface area contributed by atoms with Crippen LogP contribution in [-0.2, 0) is 13.1 Å². The van der Waals surface area contributed by atoms with E-state index in [9.17, 15) is 9.18 Å². The van der Waals surface area contributed by atoms with E-state index < -0.39 is 0 Å². The van der Waals surface area contributed by atoms with Gasteiger partial charge in [0.25, 0.3) is 5.56 Å². The molecule has 2 aromatic carbocycles. The van der Waals surface area contributed by atoms with E-state index in [0.717, 1.165) is 30.3 Å². The molecule has 0 radical (unpaired) electrons. The van der Waals surface area contributed by atoms with Gasteiger partial charge in [-0.15, -0.1) is 5.92 Å². The van der Waals surface area contributed by atoms with E-state index in [4.69, 9.17) is 10.7 Å². The molecule has 5 rings (SSSR count). The Hall–Kier alpha value is -3.70. The summed E-state index contributed by atoms with van der Waals surface area (Å²) in [6.45, 7) is 3.87. The Labute approximate surface area is 190 Å². The highest BCUT2D eigenvalue weighted by Gasteiger charge is 2.24. The first-order valence-electron chi connectivity index (χ1n) is 11.1. The molecule has 1 aliphatic rings. The average molecular weight is 445 g/mol. The third kappa shape index (κ3) is 3.85. The molecule has 1 aliphatic heterocycles. The predicted octanol–water partition coefficient (Wildman–Crippen LogP) is 2.88. The van der Waals surface area contributed by atoms with Crippen LogP contribution in [-0.4, -0.2) is 38.5 Å². The van der Waals surface area contributed by atoms with E-state index in [-0.39, 0.29) is 24.0 Å². The summed E-state index contributed by atoms with van der Waals surface area (Å²) in [6, 6.07) is 10.5. The van der Waals surface area contributed by atoms with E-state index in [1.165, 1.54) is 10.7 Å². The molecule has 0 aliphatic carbocycles. The fourth-order valence-corrected chi connectivity index (χ4v) is 4.55. The molecule has 1 saturated heterocycles. The standard InChI is InChI=1S/C25H25FN6O/c1-2-3-13-31-23-22(29-25(31)30-12-6-7-18(27)16-30)14-28-32(24(23)33)15-17-10-11-21(26)20-9-5-4-8-19(17)20/h4-5,8-11,14,18H,6-7,12-13,15-16,27H2,1H3. The van der Waals surface area contributed by atoms with Gasteiger partial charge >= 0.3 is 0 Å². The predicted molar refractivity (Wildman–Crippen MR) is 128 cm³/mol. The highest BCUT2D eigenvalue weighted by Crippen LogP contribution is 2.24. The van der Waals surface area contributed by atoms with Crippen molar-refractivity contribution in [1.82, 2.24) is 19.3 Å². The van der Waals surface area contributed by atoms with Crippen molar-refractivity contribution in [2.24, 2.45) is 5.73 Å². The van der Waals surface area contributed by atoms with E-state index in [2.05, 4.69) is 21.8 Å². The number of anilines is 1. The monoisotopic (exact) mass is 444 g/mol. The molecule has 4 aromatic rings. The Kier molecular flexibility index (Phi) is 5.56. The van der Waals surface area contributed by atoms with Crippen molar-refractivity contribution in [2.75, 3.05) is 18.0 Å². The van der Waals surface area contributed by atoms with Gasteiger partial charge in [0.05, 0.1) is 19.3 Å². The van der Waals surface area contributed by atoms with Crippen LogP contribution in [0.3, 0.4) is 0 Å². The summed E-state index contributed by atoms with van der Waals surface area (Å²) in [4.78, 5) is 20.4. The number of benzene rings is 2. The number of piperidine rings is 1. The maximum Gasteiger partial charge on any atom is 0.293 e. The van der Waals surface area contributed by atoms with Crippen LogP contribution in [0.15, 0.2) is 47.4 Å². The minimum absolute atomic E-state index is 0.0748. The minimum Gasteiger partial charge on any atom is -0.341 e. The summed E-state index contributed by atoms with van der Waals surface area (Å²) in [5.41, 5.74) is 7.76. The maximum absolute atomic E-state index is 14.2. The molecule has 3 heterocycles. The van der Waals surface area contributed by atoms with Crippen molar-refractivity contribution in [2.45, 2.75) is 38.9 Å². The van der Waals surface area contributed by atoms with Gasteiger partial charge in [-0.1, -0.05) is 36.3 Å². The molecule has 7 nitrogen and oxygen atoms in total. The molecule has 2 N–H and O–H groups in total. The Morgan fingerprint density at radius 1 is 1.21 bits per heavy atom. The maximum atomic E-state index is 14.2. The van der Waals surface area contributed by atoms with Crippen molar-refractivity contribution in [3.05, 3.63) is 64.3 Å². The number of hydrogen-bond donors (Lipinski definition) is 1. The molecule has 1 unspecified atom stereocenters. The molecule has 2 aromatic heterocycles. The number of hydrogen-bond acceptors (Lipinski definition) is 5. The van der Waals surface area contributed by atoms with Gasteiger partial charge in [-0.25, -0.2) is 14.1 Å². The molecule has 0 amide bonds. The zero-order chi connectivity index (χ0) is 22.9. The number of rotatable bonds is 4. The lowest BCUT2D eigenvalue weighted by Crippen LogP contribution is -2.44. The smallest absolute Gasteiger partial charge is 0.293 e. The van der Waals surface area contributed by atoms with Gasteiger partial charge in [-0.05, 0) is 36.8 Å². The van der Waals surface area contributed by atoms with Crippen LogP contribution in [0.1, 0.15) is 25.3 Å². The fraction of sp³-hybridized carbons (Fsp3) is 0.320. The SMILES string of the molecule is CC#CCn1c(N2CCCC(N)C2)nc2cnn(Cc3ccc(F)c4ccccc34)c(=O)c21. The molecule has 0 bridgehead atoms. The van der Waals surface area contributed by atoms with Gasteiger partial charge in [-0.2, -0.15) is 5.10 Å². The van der Waals surface area contributed by atoms with Crippen LogP contribution < -0.4 is 16.2 Å². The van der Waals surface area contributed by atoms with Crippen molar-refractivity contribution < 1.29 is 4.39 Å². The first-order valence-corrected chi connectivity index (χ1v) is 11.1. The first kappa shape index (κ1) is 21.2. The quantitative estimate of drug-likeness (QED) is 0.490. The molecule has 1 fully saturated rings. The molecule has 0 spiro atoms. The largest absolute Gasteiger partial charge is 0.341 e. The molecule has 1 atom stereocenters. The number of aromatic nitrogens is 4. The summed E-state index contributed by atoms with van der Waals surface area (Å²) >= 11 is 0. The topological polar surface area (TPSA) is 82.0 Å². The lowest BCUT2D eigenvalue weighted by atomic mass is 10.0. The second-order valence-corrected chi connectivity index (χ2v) is 8.37. The molecule has 0 saturated carbocycles. The lowest BCUT2D eigenvalue weighted by molar-refractivity contribution is 0.496. The van der Waals surface area contributed by atoms with Crippen molar-refractivity contribution >= 4 is 27.8 Å². The Morgan fingerprint density at radius 2 is 2.03 bits per heavy atom. The highest BCUT2D eigenvalue weighted by atomic mass is 19.1. The van der Waals surface area contributed by atoms with E-state index in [1.54, 1.807) is 31.3 Å². The Morgan fingerprint density at radius 3 is 2.82 bits per heavy atom. The van der Waals surface area contributed by atoms with Gasteiger partial charge in [0, 0.05) is 24.5 Å². The Balaban J connectivity index is 1.62. The second-order valence-electron chi connectivity index (χ2n) is 8.37. The zero-order valence-corrected chi connectivity index (χ0v) is 18.5. The summed E-state index contributed by atoms with van der Waals surface area (Å²) in [5.74, 6) is 6.39. The molecule has 168 valence electrons. The number of nitrogens with two attached hydrogens (primary N) is 1. The normalized spacial score (nSPS) is 16.2. The van der Waals surface area contributed by atoms with Crippen LogP contribution >= 0.6 is 0 Å².